The predicted octanol–water partition coefficient (Wildman–Crippen LogP) is 3.19. The largest absolute Gasteiger partial charge is 0.462 e. The second kappa shape index (κ2) is 8.41. The van der Waals surface area contributed by atoms with Crippen LogP contribution in [0.2, 0.25) is 0 Å². The van der Waals surface area contributed by atoms with Crippen molar-refractivity contribution in [3.8, 4) is 0 Å². The Morgan fingerprint density at radius 1 is 1.24 bits per heavy atom. The van der Waals surface area contributed by atoms with Crippen LogP contribution in [0, 0.1) is 5.92 Å². The van der Waals surface area contributed by atoms with E-state index < -0.39 is 5.97 Å². The third kappa shape index (κ3) is 4.08. The molecule has 0 radical (unpaired) electrons. The molecule has 2 aromatic rings. The van der Waals surface area contributed by atoms with E-state index in [1.807, 2.05) is 18.2 Å². The molecule has 2 aliphatic heterocycles. The van der Waals surface area contributed by atoms with Crippen LogP contribution in [0.5, 0.6) is 0 Å². The van der Waals surface area contributed by atoms with Crippen LogP contribution in [0.15, 0.2) is 30.5 Å². The summed E-state index contributed by atoms with van der Waals surface area (Å²) in [6.07, 6.45) is 4.74. The Hall–Kier alpha value is -2.60. The first kappa shape index (κ1) is 19.7. The lowest BCUT2D eigenvalue weighted by Gasteiger charge is -2.31. The van der Waals surface area contributed by atoms with Gasteiger partial charge in [-0.15, -0.1) is 0 Å². The topological polar surface area (TPSA) is 65.6 Å². The SMILES string of the molecule is CCOC(=O)C1=CN(C(=O)CN2CCCC(C)C2)CCc2c1[nH]c1ccccc21. The molecule has 2 aliphatic rings. The Morgan fingerprint density at radius 2 is 2.07 bits per heavy atom. The van der Waals surface area contributed by atoms with E-state index in [9.17, 15) is 9.59 Å². The van der Waals surface area contributed by atoms with Gasteiger partial charge in [0.1, 0.15) is 0 Å². The minimum Gasteiger partial charge on any atom is -0.462 e. The third-order valence-corrected chi connectivity index (χ3v) is 5.89. The molecule has 0 bridgehead atoms. The number of aromatic nitrogens is 1. The van der Waals surface area contributed by atoms with E-state index in [-0.39, 0.29) is 5.91 Å². The average molecular weight is 396 g/mol. The number of likely N-dealkylation sites (tertiary alicyclic amines) is 1. The van der Waals surface area contributed by atoms with Crippen molar-refractivity contribution < 1.29 is 14.3 Å². The lowest BCUT2D eigenvalue weighted by Crippen LogP contribution is -2.42. The van der Waals surface area contributed by atoms with E-state index in [2.05, 4.69) is 22.9 Å². The number of amides is 1. The molecule has 1 fully saturated rings. The van der Waals surface area contributed by atoms with Crippen LogP contribution in [0.1, 0.15) is 37.9 Å². The number of hydrogen-bond acceptors (Lipinski definition) is 4. The number of hydrogen-bond donors (Lipinski definition) is 1. The molecule has 29 heavy (non-hydrogen) atoms. The van der Waals surface area contributed by atoms with Crippen molar-refractivity contribution in [3.05, 3.63) is 41.7 Å². The molecule has 1 amide bonds. The highest BCUT2D eigenvalue weighted by molar-refractivity contribution is 6.18. The first-order valence-corrected chi connectivity index (χ1v) is 10.6. The van der Waals surface area contributed by atoms with E-state index in [1.165, 1.54) is 6.42 Å². The fourth-order valence-corrected chi connectivity index (χ4v) is 4.48. The monoisotopic (exact) mass is 395 g/mol. The summed E-state index contributed by atoms with van der Waals surface area (Å²) in [7, 11) is 0. The van der Waals surface area contributed by atoms with Crippen LogP contribution in [0.4, 0.5) is 0 Å². The van der Waals surface area contributed by atoms with Gasteiger partial charge in [-0.3, -0.25) is 9.69 Å². The molecular weight excluding hydrogens is 366 g/mol. The fourth-order valence-electron chi connectivity index (χ4n) is 4.48. The predicted molar refractivity (Wildman–Crippen MR) is 113 cm³/mol. The minimum atomic E-state index is -0.397. The van der Waals surface area contributed by atoms with E-state index in [4.69, 9.17) is 4.74 Å². The molecule has 3 heterocycles. The van der Waals surface area contributed by atoms with Gasteiger partial charge in [-0.05, 0) is 50.3 Å². The first-order chi connectivity index (χ1) is 14.1. The molecule has 1 unspecified atom stereocenters. The van der Waals surface area contributed by atoms with Gasteiger partial charge in [-0.1, -0.05) is 25.1 Å². The van der Waals surface area contributed by atoms with Crippen molar-refractivity contribution in [1.82, 2.24) is 14.8 Å². The van der Waals surface area contributed by atoms with Crippen molar-refractivity contribution in [2.75, 3.05) is 32.8 Å². The normalized spacial score (nSPS) is 20.1. The van der Waals surface area contributed by atoms with Crippen molar-refractivity contribution in [2.24, 2.45) is 5.92 Å². The number of carbonyl (C=O) groups excluding carboxylic acids is 2. The van der Waals surface area contributed by atoms with Crippen LogP contribution < -0.4 is 0 Å². The second-order valence-corrected chi connectivity index (χ2v) is 8.11. The van der Waals surface area contributed by atoms with Gasteiger partial charge in [0.25, 0.3) is 0 Å². The molecule has 1 saturated heterocycles. The van der Waals surface area contributed by atoms with E-state index in [0.717, 1.165) is 41.7 Å². The van der Waals surface area contributed by atoms with E-state index in [1.54, 1.807) is 18.0 Å². The fraction of sp³-hybridized carbons (Fsp3) is 0.478. The van der Waals surface area contributed by atoms with Gasteiger partial charge in [-0.2, -0.15) is 0 Å². The number of aromatic amines is 1. The smallest absolute Gasteiger partial charge is 0.341 e. The maximum absolute atomic E-state index is 13.1. The van der Waals surface area contributed by atoms with Crippen LogP contribution in [-0.4, -0.2) is 59.4 Å². The third-order valence-electron chi connectivity index (χ3n) is 5.89. The highest BCUT2D eigenvalue weighted by Crippen LogP contribution is 2.31. The molecule has 1 aromatic carbocycles. The van der Waals surface area contributed by atoms with Crippen LogP contribution in [0.3, 0.4) is 0 Å². The molecule has 1 N–H and O–H groups in total. The number of H-pyrrole nitrogens is 1. The summed E-state index contributed by atoms with van der Waals surface area (Å²) in [5, 5.41) is 1.09. The number of fused-ring (bicyclic) bond motifs is 3. The lowest BCUT2D eigenvalue weighted by atomic mass is 10.0. The molecular formula is C23H29N3O3. The number of benzene rings is 1. The van der Waals surface area contributed by atoms with Crippen molar-refractivity contribution >= 4 is 28.4 Å². The number of nitrogens with one attached hydrogen (secondary N) is 1. The van der Waals surface area contributed by atoms with Gasteiger partial charge < -0.3 is 14.6 Å². The number of rotatable bonds is 4. The molecule has 0 aliphatic carbocycles. The van der Waals surface area contributed by atoms with E-state index >= 15 is 0 Å². The van der Waals surface area contributed by atoms with Crippen LogP contribution in [-0.2, 0) is 20.7 Å². The van der Waals surface area contributed by atoms with Gasteiger partial charge in [-0.25, -0.2) is 4.79 Å². The van der Waals surface area contributed by atoms with Gasteiger partial charge in [0.05, 0.1) is 24.4 Å². The lowest BCUT2D eigenvalue weighted by molar-refractivity contribution is -0.136. The van der Waals surface area contributed by atoms with Crippen LogP contribution >= 0.6 is 0 Å². The maximum Gasteiger partial charge on any atom is 0.341 e. The molecule has 1 aromatic heterocycles. The average Bonchev–Trinajstić information content (AvgIpc) is 2.95. The summed E-state index contributed by atoms with van der Waals surface area (Å²) >= 11 is 0. The molecule has 6 nitrogen and oxygen atoms in total. The molecule has 6 heteroatoms. The number of para-hydroxylation sites is 1. The molecule has 1 atom stereocenters. The molecule has 0 spiro atoms. The number of esters is 1. The summed E-state index contributed by atoms with van der Waals surface area (Å²) in [6, 6.07) is 8.03. The van der Waals surface area contributed by atoms with Crippen LogP contribution in [0.25, 0.3) is 16.5 Å². The minimum absolute atomic E-state index is 0.0374. The Kier molecular flexibility index (Phi) is 5.72. The summed E-state index contributed by atoms with van der Waals surface area (Å²) in [4.78, 5) is 33.1. The van der Waals surface area contributed by atoms with Crippen molar-refractivity contribution in [3.63, 3.8) is 0 Å². The second-order valence-electron chi connectivity index (χ2n) is 8.11. The zero-order valence-electron chi connectivity index (χ0n) is 17.2. The number of carbonyl (C=O) groups is 2. The van der Waals surface area contributed by atoms with Gasteiger partial charge in [0.15, 0.2) is 0 Å². The summed E-state index contributed by atoms with van der Waals surface area (Å²) in [5.74, 6) is 0.263. The summed E-state index contributed by atoms with van der Waals surface area (Å²) in [6.45, 7) is 7.19. The number of nitrogens with zero attached hydrogens (tertiary/aromatic N) is 2. The Balaban J connectivity index is 1.64. The van der Waals surface area contributed by atoms with Gasteiger partial charge in [0, 0.05) is 30.2 Å². The number of ether oxygens (including phenoxy) is 1. The Labute approximate surface area is 171 Å². The first-order valence-electron chi connectivity index (χ1n) is 10.6. The van der Waals surface area contributed by atoms with Gasteiger partial charge >= 0.3 is 5.97 Å². The van der Waals surface area contributed by atoms with Crippen molar-refractivity contribution in [1.29, 1.82) is 0 Å². The summed E-state index contributed by atoms with van der Waals surface area (Å²) in [5.41, 5.74) is 3.26. The van der Waals surface area contributed by atoms with Gasteiger partial charge in [0.2, 0.25) is 5.91 Å². The van der Waals surface area contributed by atoms with E-state index in [0.29, 0.717) is 37.6 Å². The quantitative estimate of drug-likeness (QED) is 0.808. The zero-order valence-corrected chi connectivity index (χ0v) is 17.2. The summed E-state index contributed by atoms with van der Waals surface area (Å²) < 4.78 is 5.31. The Morgan fingerprint density at radius 3 is 2.86 bits per heavy atom. The highest BCUT2D eigenvalue weighted by atomic mass is 16.5. The molecule has 154 valence electrons. The standard InChI is InChI=1S/C23H29N3O3/c1-3-29-23(28)19-14-26(21(27)15-25-11-6-7-16(2)13-25)12-10-18-17-8-4-5-9-20(17)24-22(18)19/h4-5,8-9,14,16,24H,3,6-7,10-13,15H2,1-2H3. The maximum atomic E-state index is 13.1. The Bertz CT molecular complexity index is 946. The molecule has 0 saturated carbocycles. The number of piperidine rings is 1. The molecule has 4 rings (SSSR count). The van der Waals surface area contributed by atoms with Crippen molar-refractivity contribution in [2.45, 2.75) is 33.1 Å². The highest BCUT2D eigenvalue weighted by Gasteiger charge is 2.28. The zero-order chi connectivity index (χ0) is 20.4.